The minimum atomic E-state index is -4.53. The molecule has 0 radical (unpaired) electrons. The summed E-state index contributed by atoms with van der Waals surface area (Å²) >= 11 is 0. The number of hydrogen-bond donors (Lipinski definition) is 2. The van der Waals surface area contributed by atoms with E-state index in [1.54, 1.807) is 10.6 Å². The molecule has 0 bridgehead atoms. The van der Waals surface area contributed by atoms with Crippen LogP contribution in [0.25, 0.3) is 28.5 Å². The molecule has 0 atom stereocenters. The largest absolute Gasteiger partial charge is 0.433 e. The number of nitrogens with zero attached hydrogens (tertiary/aromatic N) is 5. The van der Waals surface area contributed by atoms with Crippen LogP contribution in [0.15, 0.2) is 39.9 Å². The van der Waals surface area contributed by atoms with E-state index in [4.69, 9.17) is 4.52 Å². The van der Waals surface area contributed by atoms with Crippen LogP contribution >= 0.6 is 0 Å². The van der Waals surface area contributed by atoms with Crippen LogP contribution in [-0.4, -0.2) is 42.8 Å². The van der Waals surface area contributed by atoms with E-state index in [2.05, 4.69) is 30.5 Å². The lowest BCUT2D eigenvalue weighted by Crippen LogP contribution is -2.28. The molecule has 1 aliphatic rings. The first kappa shape index (κ1) is 19.4. The van der Waals surface area contributed by atoms with E-state index in [-0.39, 0.29) is 28.8 Å². The summed E-state index contributed by atoms with van der Waals surface area (Å²) in [6, 6.07) is 3.62. The zero-order valence-corrected chi connectivity index (χ0v) is 16.0. The predicted molar refractivity (Wildman–Crippen MR) is 102 cm³/mol. The minimum absolute atomic E-state index is 0.0763. The van der Waals surface area contributed by atoms with Gasteiger partial charge in [-0.15, -0.1) is 0 Å². The lowest BCUT2D eigenvalue weighted by molar-refractivity contribution is -0.141. The molecule has 1 fully saturated rings. The average molecular weight is 431 g/mol. The molecule has 5 rings (SSSR count). The Hall–Kier alpha value is -3.54. The number of rotatable bonds is 3. The molecule has 9 nitrogen and oxygen atoms in total. The third-order valence-corrected chi connectivity index (χ3v) is 5.26. The number of halogens is 3. The summed E-state index contributed by atoms with van der Waals surface area (Å²) < 4.78 is 45.1. The van der Waals surface area contributed by atoms with E-state index >= 15 is 0 Å². The van der Waals surface area contributed by atoms with Crippen molar-refractivity contribution in [2.45, 2.75) is 24.9 Å². The van der Waals surface area contributed by atoms with Gasteiger partial charge in [0.1, 0.15) is 16.9 Å². The van der Waals surface area contributed by atoms with Crippen LogP contribution in [0, 0.1) is 0 Å². The fourth-order valence-electron chi connectivity index (χ4n) is 3.72. The molecule has 2 N–H and O–H groups in total. The van der Waals surface area contributed by atoms with E-state index in [9.17, 15) is 18.0 Å². The second-order valence-corrected chi connectivity index (χ2v) is 7.25. The third-order valence-electron chi connectivity index (χ3n) is 5.26. The van der Waals surface area contributed by atoms with Crippen LogP contribution in [0.4, 0.5) is 13.2 Å². The van der Waals surface area contributed by atoms with E-state index in [0.29, 0.717) is 11.2 Å². The van der Waals surface area contributed by atoms with Crippen LogP contribution in [0.1, 0.15) is 30.1 Å². The Morgan fingerprint density at radius 1 is 1.16 bits per heavy atom. The minimum Gasteiger partial charge on any atom is -0.333 e. The zero-order chi connectivity index (χ0) is 21.6. The number of piperidine rings is 1. The van der Waals surface area contributed by atoms with E-state index in [1.165, 1.54) is 12.3 Å². The van der Waals surface area contributed by atoms with Crippen LogP contribution in [0.2, 0.25) is 0 Å². The quantitative estimate of drug-likeness (QED) is 0.513. The van der Waals surface area contributed by atoms with Gasteiger partial charge in [-0.1, -0.05) is 5.16 Å². The van der Waals surface area contributed by atoms with Gasteiger partial charge in [0.15, 0.2) is 0 Å². The summed E-state index contributed by atoms with van der Waals surface area (Å²) in [5.74, 6) is 0.353. The fourth-order valence-corrected chi connectivity index (χ4v) is 3.72. The standard InChI is InChI=1S/C19H16F3N7O2/c20-19(21,22)14-2-1-11(8-24-14)16-27-18(31-28-16)12-9-25-29-13(7-15(30)26-17(12)29)10-3-5-23-6-4-10/h1-2,7-10,23H,3-6H2,(H,26,30). The number of hydrogen-bond acceptors (Lipinski definition) is 7. The highest BCUT2D eigenvalue weighted by atomic mass is 19.4. The van der Waals surface area contributed by atoms with Crippen molar-refractivity contribution in [3.63, 3.8) is 0 Å². The molecule has 1 saturated heterocycles. The van der Waals surface area contributed by atoms with Crippen molar-refractivity contribution in [1.29, 1.82) is 0 Å². The van der Waals surface area contributed by atoms with Crippen LogP contribution < -0.4 is 10.9 Å². The molecule has 0 unspecified atom stereocenters. The number of alkyl halides is 3. The van der Waals surface area contributed by atoms with Gasteiger partial charge in [-0.2, -0.15) is 23.3 Å². The van der Waals surface area contributed by atoms with Crippen LogP contribution in [0.3, 0.4) is 0 Å². The highest BCUT2D eigenvalue weighted by Crippen LogP contribution is 2.30. The van der Waals surface area contributed by atoms with Gasteiger partial charge in [-0.3, -0.25) is 9.78 Å². The van der Waals surface area contributed by atoms with Gasteiger partial charge >= 0.3 is 6.18 Å². The van der Waals surface area contributed by atoms with E-state index in [0.717, 1.165) is 43.9 Å². The Morgan fingerprint density at radius 3 is 2.68 bits per heavy atom. The number of aromatic amines is 1. The number of fused-ring (bicyclic) bond motifs is 1. The summed E-state index contributed by atoms with van der Waals surface area (Å²) in [6.07, 6.45) is -0.211. The summed E-state index contributed by atoms with van der Waals surface area (Å²) in [7, 11) is 0. The fraction of sp³-hybridized carbons (Fsp3) is 0.316. The highest BCUT2D eigenvalue weighted by molar-refractivity contribution is 5.72. The van der Waals surface area contributed by atoms with Crippen molar-refractivity contribution >= 4 is 5.65 Å². The van der Waals surface area contributed by atoms with Crippen molar-refractivity contribution in [2.24, 2.45) is 0 Å². The molecule has 160 valence electrons. The lowest BCUT2D eigenvalue weighted by Gasteiger charge is -2.23. The molecule has 31 heavy (non-hydrogen) atoms. The highest BCUT2D eigenvalue weighted by Gasteiger charge is 2.32. The Bertz CT molecular complexity index is 1280. The summed E-state index contributed by atoms with van der Waals surface area (Å²) in [5, 5.41) is 11.5. The van der Waals surface area contributed by atoms with Crippen LogP contribution in [0.5, 0.6) is 0 Å². The maximum absolute atomic E-state index is 12.7. The number of H-pyrrole nitrogens is 1. The molecule has 4 aromatic heterocycles. The summed E-state index contributed by atoms with van der Waals surface area (Å²) in [5.41, 5.74) is 0.634. The summed E-state index contributed by atoms with van der Waals surface area (Å²) in [6.45, 7) is 1.72. The Labute approximate surface area is 172 Å². The zero-order valence-electron chi connectivity index (χ0n) is 16.0. The molecule has 0 amide bonds. The smallest absolute Gasteiger partial charge is 0.333 e. The van der Waals surface area contributed by atoms with Gasteiger partial charge in [0.25, 0.3) is 11.4 Å². The molecule has 12 heteroatoms. The normalized spacial score (nSPS) is 15.6. The van der Waals surface area contributed by atoms with Gasteiger partial charge in [0.05, 0.1) is 11.9 Å². The third kappa shape index (κ3) is 3.58. The number of aromatic nitrogens is 6. The summed E-state index contributed by atoms with van der Waals surface area (Å²) in [4.78, 5) is 22.7. The molecule has 0 aromatic carbocycles. The second kappa shape index (κ2) is 7.30. The molecule has 0 aliphatic carbocycles. The molecule has 5 heterocycles. The first-order valence-corrected chi connectivity index (χ1v) is 9.59. The van der Waals surface area contributed by atoms with Gasteiger partial charge in [-0.25, -0.2) is 4.52 Å². The molecular weight excluding hydrogens is 415 g/mol. The molecule has 1 aliphatic heterocycles. The van der Waals surface area contributed by atoms with E-state index < -0.39 is 11.9 Å². The van der Waals surface area contributed by atoms with Crippen LogP contribution in [-0.2, 0) is 6.18 Å². The lowest BCUT2D eigenvalue weighted by atomic mass is 9.94. The van der Waals surface area contributed by atoms with Crippen molar-refractivity contribution < 1.29 is 17.7 Å². The predicted octanol–water partition coefficient (Wildman–Crippen LogP) is 2.62. The Morgan fingerprint density at radius 2 is 1.97 bits per heavy atom. The number of pyridine rings is 1. The van der Waals surface area contributed by atoms with Crippen molar-refractivity contribution in [3.8, 4) is 22.8 Å². The SMILES string of the molecule is O=c1cc(C2CCNCC2)n2ncc(-c3nc(-c4ccc(C(F)(F)F)nc4)no3)c2[nH]1. The first-order chi connectivity index (χ1) is 14.9. The first-order valence-electron chi connectivity index (χ1n) is 9.59. The molecule has 4 aromatic rings. The van der Waals surface area contributed by atoms with Crippen molar-refractivity contribution in [2.75, 3.05) is 13.1 Å². The number of nitrogens with one attached hydrogen (secondary N) is 2. The average Bonchev–Trinajstić information content (AvgIpc) is 3.40. The Balaban J connectivity index is 1.52. The maximum Gasteiger partial charge on any atom is 0.433 e. The van der Waals surface area contributed by atoms with Gasteiger partial charge in [0, 0.05) is 23.7 Å². The maximum atomic E-state index is 12.7. The molecular formula is C19H16F3N7O2. The second-order valence-electron chi connectivity index (χ2n) is 7.25. The molecule has 0 spiro atoms. The molecule has 0 saturated carbocycles. The monoisotopic (exact) mass is 431 g/mol. The Kier molecular flexibility index (Phi) is 4.58. The topological polar surface area (TPSA) is 114 Å². The van der Waals surface area contributed by atoms with Gasteiger partial charge in [-0.05, 0) is 38.1 Å². The van der Waals surface area contributed by atoms with E-state index in [1.807, 2.05) is 0 Å². The van der Waals surface area contributed by atoms with Crippen molar-refractivity contribution in [1.82, 2.24) is 35.0 Å². The van der Waals surface area contributed by atoms with Crippen molar-refractivity contribution in [3.05, 3.63) is 52.3 Å². The van der Waals surface area contributed by atoms with Gasteiger partial charge in [0.2, 0.25) is 5.82 Å². The van der Waals surface area contributed by atoms with Gasteiger partial charge < -0.3 is 14.8 Å².